The van der Waals surface area contributed by atoms with Gasteiger partial charge in [-0.1, -0.05) is 45.1 Å². The van der Waals surface area contributed by atoms with Gasteiger partial charge in [-0.05, 0) is 60.9 Å². The first-order chi connectivity index (χ1) is 18.9. The van der Waals surface area contributed by atoms with Crippen molar-refractivity contribution in [3.8, 4) is 0 Å². The van der Waals surface area contributed by atoms with Crippen molar-refractivity contribution >= 4 is 11.8 Å². The molecule has 4 aliphatic rings. The highest BCUT2D eigenvalue weighted by Gasteiger charge is 2.83. The molecular formula is C31H38F3NO6. The number of ketones is 1. The number of rotatable bonds is 6. The molecule has 2 fully saturated rings. The standard InChI is InChI=1S/C31H38F3NO6/c1-16-11-23-28(39,25(16)37)14-19(15-36)12-21-24-27(3,4)29(24,13-17(2)30(21,23)40)41-26(38)22(35)10-7-18-5-8-20(9-6-18)31(32,33)34/h5-6,8-9,11-12,17,21-24,36,39-40H,7,10,13-15,35H2,1-4H3/t17-,21+,22-,23-,24-,28-,29+,30-/m1/s1. The second-order valence-electron chi connectivity index (χ2n) is 13.1. The Labute approximate surface area is 237 Å². The Balaban J connectivity index is 1.37. The lowest BCUT2D eigenvalue weighted by atomic mass is 9.60. The van der Waals surface area contributed by atoms with E-state index in [-0.39, 0.29) is 31.6 Å². The number of aryl methyl sites for hydroxylation is 1. The van der Waals surface area contributed by atoms with Gasteiger partial charge in [0.2, 0.25) is 0 Å². The summed E-state index contributed by atoms with van der Waals surface area (Å²) in [5, 5.41) is 34.1. The summed E-state index contributed by atoms with van der Waals surface area (Å²) in [7, 11) is 0. The Morgan fingerprint density at radius 2 is 1.80 bits per heavy atom. The number of nitrogens with two attached hydrogens (primary N) is 1. The molecule has 1 aromatic carbocycles. The van der Waals surface area contributed by atoms with E-state index in [1.807, 2.05) is 20.8 Å². The van der Waals surface area contributed by atoms with Crippen LogP contribution >= 0.6 is 0 Å². The average molecular weight is 578 g/mol. The molecule has 0 bridgehead atoms. The number of aliphatic hydroxyl groups excluding tert-OH is 1. The van der Waals surface area contributed by atoms with Gasteiger partial charge < -0.3 is 25.8 Å². The molecule has 0 amide bonds. The van der Waals surface area contributed by atoms with Crippen molar-refractivity contribution in [1.29, 1.82) is 0 Å². The SMILES string of the molecule is CC1=C[C@H]2[C@@]3(O)[C@H](C)C[C@]4(OC(=O)[C@H](N)CCc5ccc(C(F)(F)F)cc5)[C@H]([C@@H]3C=C(CO)C[C@]2(O)C1=O)C4(C)C. The molecule has 0 aromatic heterocycles. The summed E-state index contributed by atoms with van der Waals surface area (Å²) in [6.07, 6.45) is -0.382. The Kier molecular flexibility index (Phi) is 6.93. The summed E-state index contributed by atoms with van der Waals surface area (Å²) in [4.78, 5) is 26.3. The molecule has 41 heavy (non-hydrogen) atoms. The number of halogens is 3. The minimum Gasteiger partial charge on any atom is -0.457 e. The number of hydrogen-bond donors (Lipinski definition) is 4. The van der Waals surface area contributed by atoms with E-state index in [4.69, 9.17) is 10.5 Å². The van der Waals surface area contributed by atoms with Crippen LogP contribution in [0, 0.1) is 29.1 Å². The van der Waals surface area contributed by atoms with Gasteiger partial charge in [-0.3, -0.25) is 9.59 Å². The molecule has 10 heteroatoms. The van der Waals surface area contributed by atoms with E-state index in [0.29, 0.717) is 16.7 Å². The summed E-state index contributed by atoms with van der Waals surface area (Å²) >= 11 is 0. The molecule has 1 aromatic rings. The number of esters is 1. The van der Waals surface area contributed by atoms with E-state index in [9.17, 15) is 38.1 Å². The lowest BCUT2D eigenvalue weighted by molar-refractivity contribution is -0.187. The Morgan fingerprint density at radius 1 is 1.17 bits per heavy atom. The lowest BCUT2D eigenvalue weighted by Gasteiger charge is -2.50. The van der Waals surface area contributed by atoms with Crippen LogP contribution in [0.2, 0.25) is 0 Å². The molecule has 0 saturated heterocycles. The summed E-state index contributed by atoms with van der Waals surface area (Å²) in [5.74, 6) is -3.46. The minimum absolute atomic E-state index is 0.0961. The summed E-state index contributed by atoms with van der Waals surface area (Å²) in [5.41, 5.74) is 1.93. The molecule has 8 atom stereocenters. The largest absolute Gasteiger partial charge is 0.457 e. The molecule has 4 aliphatic carbocycles. The Hall–Kier alpha value is -2.53. The van der Waals surface area contributed by atoms with Gasteiger partial charge >= 0.3 is 12.1 Å². The van der Waals surface area contributed by atoms with Crippen LogP contribution in [0.1, 0.15) is 58.1 Å². The van der Waals surface area contributed by atoms with Gasteiger partial charge in [-0.25, -0.2) is 0 Å². The minimum atomic E-state index is -4.43. The second kappa shape index (κ2) is 9.49. The van der Waals surface area contributed by atoms with Crippen molar-refractivity contribution in [3.63, 3.8) is 0 Å². The molecular weight excluding hydrogens is 539 g/mol. The molecule has 0 aliphatic heterocycles. The first kappa shape index (κ1) is 29.9. The summed E-state index contributed by atoms with van der Waals surface area (Å²) in [6, 6.07) is 3.71. The maximum Gasteiger partial charge on any atom is 0.416 e. The smallest absolute Gasteiger partial charge is 0.416 e. The fourth-order valence-electron chi connectivity index (χ4n) is 8.15. The number of fused-ring (bicyclic) bond motifs is 5. The van der Waals surface area contributed by atoms with E-state index >= 15 is 0 Å². The maximum absolute atomic E-state index is 13.3. The highest BCUT2D eigenvalue weighted by Crippen LogP contribution is 2.76. The summed E-state index contributed by atoms with van der Waals surface area (Å²) < 4.78 is 44.7. The number of carbonyl (C=O) groups excluding carboxylic acids is 2. The first-order valence-corrected chi connectivity index (χ1v) is 14.1. The van der Waals surface area contributed by atoms with Crippen molar-refractivity contribution in [2.75, 3.05) is 6.61 Å². The molecule has 0 spiro atoms. The normalized spacial score (nSPS) is 38.1. The number of benzene rings is 1. The molecule has 5 N–H and O–H groups in total. The lowest BCUT2D eigenvalue weighted by Crippen LogP contribution is -2.61. The van der Waals surface area contributed by atoms with Crippen molar-refractivity contribution < 1.29 is 42.8 Å². The van der Waals surface area contributed by atoms with Gasteiger partial charge in [-0.15, -0.1) is 0 Å². The van der Waals surface area contributed by atoms with E-state index in [2.05, 4.69) is 0 Å². The van der Waals surface area contributed by atoms with Crippen LogP contribution in [-0.4, -0.2) is 56.5 Å². The number of aliphatic hydroxyl groups is 3. The van der Waals surface area contributed by atoms with E-state index < -0.39 is 76.1 Å². The van der Waals surface area contributed by atoms with Crippen molar-refractivity contribution in [3.05, 3.63) is 58.7 Å². The van der Waals surface area contributed by atoms with Crippen LogP contribution in [-0.2, 0) is 26.9 Å². The third kappa shape index (κ3) is 4.32. The monoisotopic (exact) mass is 577 g/mol. The molecule has 2 saturated carbocycles. The van der Waals surface area contributed by atoms with Gasteiger partial charge in [-0.2, -0.15) is 13.2 Å². The second-order valence-corrected chi connectivity index (χ2v) is 13.1. The van der Waals surface area contributed by atoms with Gasteiger partial charge in [0.05, 0.1) is 17.8 Å². The summed E-state index contributed by atoms with van der Waals surface area (Å²) in [6.45, 7) is 6.93. The molecule has 5 rings (SSSR count). The van der Waals surface area contributed by atoms with Crippen molar-refractivity contribution in [2.24, 2.45) is 34.8 Å². The molecule has 0 heterocycles. The maximum atomic E-state index is 13.3. The average Bonchev–Trinajstić information content (AvgIpc) is 3.30. The molecule has 0 unspecified atom stereocenters. The van der Waals surface area contributed by atoms with E-state index in [0.717, 1.165) is 12.1 Å². The molecule has 7 nitrogen and oxygen atoms in total. The van der Waals surface area contributed by atoms with E-state index in [1.54, 1.807) is 19.1 Å². The topological polar surface area (TPSA) is 130 Å². The fraction of sp³-hybridized carbons (Fsp3) is 0.613. The van der Waals surface area contributed by atoms with Crippen LogP contribution in [0.25, 0.3) is 0 Å². The third-order valence-corrected chi connectivity index (χ3v) is 10.5. The zero-order chi connectivity index (χ0) is 30.3. The predicted octanol–water partition coefficient (Wildman–Crippen LogP) is 3.49. The highest BCUT2D eigenvalue weighted by molar-refractivity contribution is 6.04. The molecule has 0 radical (unpaired) electrons. The van der Waals surface area contributed by atoms with Crippen molar-refractivity contribution in [2.45, 2.75) is 82.4 Å². The van der Waals surface area contributed by atoms with Crippen LogP contribution in [0.3, 0.4) is 0 Å². The third-order valence-electron chi connectivity index (χ3n) is 10.5. The quantitative estimate of drug-likeness (QED) is 0.301. The number of alkyl halides is 3. The zero-order valence-corrected chi connectivity index (χ0v) is 23.7. The van der Waals surface area contributed by atoms with E-state index in [1.165, 1.54) is 12.1 Å². The first-order valence-electron chi connectivity index (χ1n) is 14.1. The van der Waals surface area contributed by atoms with Crippen LogP contribution < -0.4 is 5.73 Å². The van der Waals surface area contributed by atoms with Crippen LogP contribution in [0.5, 0.6) is 0 Å². The van der Waals surface area contributed by atoms with Gasteiger partial charge in [0.1, 0.15) is 17.2 Å². The zero-order valence-electron chi connectivity index (χ0n) is 23.7. The highest BCUT2D eigenvalue weighted by atomic mass is 19.4. The fourth-order valence-corrected chi connectivity index (χ4v) is 8.15. The number of carbonyl (C=O) groups is 2. The predicted molar refractivity (Wildman–Crippen MR) is 143 cm³/mol. The number of hydrogen-bond acceptors (Lipinski definition) is 7. The van der Waals surface area contributed by atoms with Crippen molar-refractivity contribution in [1.82, 2.24) is 0 Å². The molecule has 224 valence electrons. The Morgan fingerprint density at radius 3 is 2.39 bits per heavy atom. The van der Waals surface area contributed by atoms with Crippen LogP contribution in [0.15, 0.2) is 47.6 Å². The number of ether oxygens (including phenoxy) is 1. The number of Topliss-reactive ketones (excluding diaryl/α,β-unsaturated/α-hetero) is 1. The van der Waals surface area contributed by atoms with Gasteiger partial charge in [0.25, 0.3) is 0 Å². The van der Waals surface area contributed by atoms with Gasteiger partial charge in [0, 0.05) is 29.6 Å². The van der Waals surface area contributed by atoms with Crippen LogP contribution in [0.4, 0.5) is 13.2 Å². The Bertz CT molecular complexity index is 1320. The van der Waals surface area contributed by atoms with Gasteiger partial charge in [0.15, 0.2) is 5.78 Å².